The molecule has 1 heteroatoms. The maximum Gasteiger partial charge on any atom is 0.105 e. The molecule has 12 heavy (non-hydrogen) atoms. The Labute approximate surface area is 76.2 Å². The lowest BCUT2D eigenvalue weighted by molar-refractivity contribution is 0.792. The van der Waals surface area contributed by atoms with E-state index in [1.165, 1.54) is 31.1 Å². The highest BCUT2D eigenvalue weighted by molar-refractivity contribution is 6.33. The fourth-order valence-corrected chi connectivity index (χ4v) is 1.32. The summed E-state index contributed by atoms with van der Waals surface area (Å²) in [6.07, 6.45) is 5.13. The molecule has 1 aromatic rings. The summed E-state index contributed by atoms with van der Waals surface area (Å²) in [7, 11) is 2.24. The molecule has 0 nitrogen and oxygen atoms in total. The predicted octanol–water partition coefficient (Wildman–Crippen LogP) is 3.18. The molecule has 0 heterocycles. The van der Waals surface area contributed by atoms with Gasteiger partial charge in [-0.25, -0.2) is 0 Å². The summed E-state index contributed by atoms with van der Waals surface area (Å²) in [5, 5.41) is 0. The topological polar surface area (TPSA) is 0 Å². The van der Waals surface area contributed by atoms with Gasteiger partial charge in [-0.15, -0.1) is 0 Å². The summed E-state index contributed by atoms with van der Waals surface area (Å²) in [4.78, 5) is 0. The minimum Gasteiger partial charge on any atom is -0.0920 e. The van der Waals surface area contributed by atoms with Crippen LogP contribution in [0.1, 0.15) is 18.4 Å². The van der Waals surface area contributed by atoms with E-state index in [9.17, 15) is 0 Å². The molecule has 0 aliphatic heterocycles. The smallest absolute Gasteiger partial charge is 0.0920 e. The van der Waals surface area contributed by atoms with E-state index >= 15 is 0 Å². The highest BCUT2D eigenvalue weighted by atomic mass is 13.9. The zero-order chi connectivity index (χ0) is 8.65. The van der Waals surface area contributed by atoms with Gasteiger partial charge in [0.15, 0.2) is 0 Å². The van der Waals surface area contributed by atoms with Crippen molar-refractivity contribution in [2.24, 2.45) is 0 Å². The van der Waals surface area contributed by atoms with Crippen LogP contribution in [-0.4, -0.2) is 7.28 Å². The Hall–Kier alpha value is -0.715. The van der Waals surface area contributed by atoms with E-state index in [1.807, 2.05) is 0 Å². The van der Waals surface area contributed by atoms with Gasteiger partial charge in [0.25, 0.3) is 0 Å². The Morgan fingerprint density at radius 3 is 2.50 bits per heavy atom. The van der Waals surface area contributed by atoms with Crippen LogP contribution in [0.3, 0.4) is 0 Å². The molecule has 0 aliphatic carbocycles. The van der Waals surface area contributed by atoms with Crippen molar-refractivity contribution in [1.29, 1.82) is 0 Å². The van der Waals surface area contributed by atoms with E-state index in [-0.39, 0.29) is 0 Å². The van der Waals surface area contributed by atoms with Crippen molar-refractivity contribution >= 4 is 7.28 Å². The molecule has 0 N–H and O–H groups in total. The quantitative estimate of drug-likeness (QED) is 0.457. The average Bonchev–Trinajstić information content (AvgIpc) is 2.14. The van der Waals surface area contributed by atoms with Gasteiger partial charge in [0.1, 0.15) is 7.28 Å². The van der Waals surface area contributed by atoms with Crippen LogP contribution in [0, 0.1) is 0 Å². The van der Waals surface area contributed by atoms with Gasteiger partial charge < -0.3 is 0 Å². The first-order valence-corrected chi connectivity index (χ1v) is 4.75. The molecular formula is C11H16B. The Kier molecular flexibility index (Phi) is 4.59. The van der Waals surface area contributed by atoms with Crippen LogP contribution in [0.4, 0.5) is 0 Å². The molecule has 1 radical (unpaired) electrons. The third kappa shape index (κ3) is 3.61. The Bertz CT molecular complexity index is 193. The van der Waals surface area contributed by atoms with Crippen molar-refractivity contribution in [3.63, 3.8) is 0 Å². The third-order valence-corrected chi connectivity index (χ3v) is 2.05. The van der Waals surface area contributed by atoms with Gasteiger partial charge in [0.05, 0.1) is 0 Å². The molecule has 0 atom stereocenters. The van der Waals surface area contributed by atoms with Crippen molar-refractivity contribution in [2.45, 2.75) is 32.4 Å². The first-order valence-electron chi connectivity index (χ1n) is 4.75. The monoisotopic (exact) mass is 159 g/mol. The lowest BCUT2D eigenvalue weighted by atomic mass is 9.76. The van der Waals surface area contributed by atoms with Gasteiger partial charge >= 0.3 is 0 Å². The highest BCUT2D eigenvalue weighted by Gasteiger charge is 1.91. The van der Waals surface area contributed by atoms with Gasteiger partial charge in [0, 0.05) is 0 Å². The maximum atomic E-state index is 2.24. The van der Waals surface area contributed by atoms with Crippen molar-refractivity contribution in [3.05, 3.63) is 35.9 Å². The fraction of sp³-hybridized carbons (Fsp3) is 0.455. The summed E-state index contributed by atoms with van der Waals surface area (Å²) in [6, 6.07) is 10.7. The van der Waals surface area contributed by atoms with E-state index < -0.39 is 0 Å². The Morgan fingerprint density at radius 2 is 1.83 bits per heavy atom. The van der Waals surface area contributed by atoms with E-state index in [1.54, 1.807) is 0 Å². The fourth-order valence-electron chi connectivity index (χ4n) is 1.32. The largest absolute Gasteiger partial charge is 0.105 e. The number of hydrogen-bond donors (Lipinski definition) is 0. The summed E-state index contributed by atoms with van der Waals surface area (Å²) >= 11 is 0. The molecule has 0 aromatic heterocycles. The molecule has 0 spiro atoms. The predicted molar refractivity (Wildman–Crippen MR) is 55.8 cm³/mol. The molecular weight excluding hydrogens is 143 g/mol. The van der Waals surface area contributed by atoms with Crippen molar-refractivity contribution < 1.29 is 0 Å². The zero-order valence-electron chi connectivity index (χ0n) is 7.79. The molecule has 0 aliphatic rings. The highest BCUT2D eigenvalue weighted by Crippen LogP contribution is 2.05. The molecule has 0 unspecified atom stereocenters. The van der Waals surface area contributed by atoms with Gasteiger partial charge in [-0.3, -0.25) is 0 Å². The Balaban J connectivity index is 2.16. The molecule has 0 fully saturated rings. The van der Waals surface area contributed by atoms with Crippen LogP contribution in [0.2, 0.25) is 13.1 Å². The van der Waals surface area contributed by atoms with E-state index in [2.05, 4.69) is 44.4 Å². The summed E-state index contributed by atoms with van der Waals surface area (Å²) in [5.41, 5.74) is 1.47. The zero-order valence-corrected chi connectivity index (χ0v) is 7.79. The second-order valence-electron chi connectivity index (χ2n) is 3.14. The molecule has 1 rings (SSSR count). The second-order valence-corrected chi connectivity index (χ2v) is 3.14. The molecule has 0 saturated carbocycles. The molecule has 63 valence electrons. The minimum atomic E-state index is 1.23. The van der Waals surface area contributed by atoms with E-state index in [0.717, 1.165) is 0 Å². The lowest BCUT2D eigenvalue weighted by Crippen LogP contribution is -1.86. The van der Waals surface area contributed by atoms with E-state index in [4.69, 9.17) is 0 Å². The first-order chi connectivity index (χ1) is 5.93. The number of hydrogen-bond acceptors (Lipinski definition) is 0. The minimum absolute atomic E-state index is 1.23. The summed E-state index contributed by atoms with van der Waals surface area (Å²) in [6.45, 7) is 2.13. The van der Waals surface area contributed by atoms with Crippen LogP contribution >= 0.6 is 0 Å². The molecule has 1 aromatic carbocycles. The maximum absolute atomic E-state index is 2.24. The number of unbranched alkanes of at least 4 members (excludes halogenated alkanes) is 1. The van der Waals surface area contributed by atoms with Crippen LogP contribution in [0.25, 0.3) is 0 Å². The van der Waals surface area contributed by atoms with Crippen molar-refractivity contribution in [1.82, 2.24) is 0 Å². The Morgan fingerprint density at radius 1 is 1.08 bits per heavy atom. The molecule has 0 amide bonds. The van der Waals surface area contributed by atoms with Gasteiger partial charge in [-0.1, -0.05) is 49.9 Å². The normalized spacial score (nSPS) is 9.75. The summed E-state index contributed by atoms with van der Waals surface area (Å²) in [5.74, 6) is 0. The van der Waals surface area contributed by atoms with Crippen molar-refractivity contribution in [3.8, 4) is 0 Å². The number of aryl methyl sites for hydroxylation is 1. The molecule has 0 bridgehead atoms. The molecule has 0 saturated heterocycles. The lowest BCUT2D eigenvalue weighted by Gasteiger charge is -1.99. The van der Waals surface area contributed by atoms with Crippen LogP contribution in [-0.2, 0) is 6.42 Å². The first kappa shape index (κ1) is 9.37. The van der Waals surface area contributed by atoms with Gasteiger partial charge in [-0.2, -0.15) is 0 Å². The van der Waals surface area contributed by atoms with Crippen LogP contribution < -0.4 is 0 Å². The number of benzene rings is 1. The van der Waals surface area contributed by atoms with Gasteiger partial charge in [0.2, 0.25) is 0 Å². The summed E-state index contributed by atoms with van der Waals surface area (Å²) < 4.78 is 0. The van der Waals surface area contributed by atoms with Crippen LogP contribution in [0.5, 0.6) is 0 Å². The standard InChI is InChI=1S/C11H16B/c1-12-10-6-5-9-11-7-3-2-4-8-11/h2-4,7-8H,5-6,9-10H2,1H3. The van der Waals surface area contributed by atoms with Gasteiger partial charge in [-0.05, 0) is 18.4 Å². The van der Waals surface area contributed by atoms with Crippen molar-refractivity contribution in [2.75, 3.05) is 0 Å². The average molecular weight is 159 g/mol. The number of rotatable bonds is 5. The second kappa shape index (κ2) is 5.88. The SMILES string of the molecule is C[B]CCCCc1ccccc1. The van der Waals surface area contributed by atoms with E-state index in [0.29, 0.717) is 0 Å². The van der Waals surface area contributed by atoms with Crippen LogP contribution in [0.15, 0.2) is 30.3 Å². The third-order valence-electron chi connectivity index (χ3n) is 2.05.